The third kappa shape index (κ3) is 2.72. The zero-order chi connectivity index (χ0) is 19.3. The van der Waals surface area contributed by atoms with Gasteiger partial charge in [-0.25, -0.2) is 8.42 Å². The maximum absolute atomic E-state index is 13.2. The first-order valence-electron chi connectivity index (χ1n) is 7.99. The quantitative estimate of drug-likeness (QED) is 0.663. The zero-order valence-electron chi connectivity index (χ0n) is 14.1. The number of nitrogens with zero attached hydrogens (tertiary/aromatic N) is 1. The third-order valence-electron chi connectivity index (χ3n) is 4.31. The van der Waals surface area contributed by atoms with Gasteiger partial charge in [0.15, 0.2) is 0 Å². The maximum atomic E-state index is 13.2. The van der Waals surface area contributed by atoms with Crippen LogP contribution in [0, 0.1) is 0 Å². The minimum Gasteiger partial charge on any atom is -0.326 e. The Morgan fingerprint density at radius 3 is 2.41 bits per heavy atom. The summed E-state index contributed by atoms with van der Waals surface area (Å²) in [4.78, 5) is 24.0. The number of hydrogen-bond donors (Lipinski definition) is 1. The summed E-state index contributed by atoms with van der Waals surface area (Å²) in [5.41, 5.74) is 1.16. The van der Waals surface area contributed by atoms with E-state index in [0.717, 1.165) is 14.2 Å². The van der Waals surface area contributed by atoms with Crippen LogP contribution < -0.4 is 9.62 Å². The van der Waals surface area contributed by atoms with E-state index in [-0.39, 0.29) is 10.8 Å². The summed E-state index contributed by atoms with van der Waals surface area (Å²) in [5, 5.41) is 3.96. The third-order valence-corrected chi connectivity index (χ3v) is 6.71. The highest BCUT2D eigenvalue weighted by molar-refractivity contribution is 9.10. The Morgan fingerprint density at radius 1 is 1.04 bits per heavy atom. The van der Waals surface area contributed by atoms with Crippen LogP contribution in [-0.2, 0) is 14.8 Å². The smallest absolute Gasteiger partial charge is 0.273 e. The van der Waals surface area contributed by atoms with Gasteiger partial charge in [0.25, 0.3) is 15.9 Å². The van der Waals surface area contributed by atoms with Crippen molar-refractivity contribution in [3.63, 3.8) is 0 Å². The van der Waals surface area contributed by atoms with E-state index in [2.05, 4.69) is 21.2 Å². The van der Waals surface area contributed by atoms with Gasteiger partial charge < -0.3 is 5.32 Å². The Labute approximate surface area is 164 Å². The highest BCUT2D eigenvalue weighted by Crippen LogP contribution is 2.42. The first kappa shape index (κ1) is 17.7. The first-order chi connectivity index (χ1) is 12.8. The van der Waals surface area contributed by atoms with Crippen molar-refractivity contribution < 1.29 is 18.0 Å². The molecule has 8 heteroatoms. The van der Waals surface area contributed by atoms with Crippen molar-refractivity contribution >= 4 is 59.9 Å². The Balaban J connectivity index is 1.84. The van der Waals surface area contributed by atoms with Crippen molar-refractivity contribution in [1.29, 1.82) is 0 Å². The minimum atomic E-state index is -4.10. The zero-order valence-corrected chi connectivity index (χ0v) is 16.5. The molecule has 1 N–H and O–H groups in total. The molecule has 0 aromatic heterocycles. The second kappa shape index (κ2) is 6.17. The molecule has 4 rings (SSSR count). The molecule has 3 aromatic rings. The number of anilines is 2. The lowest BCUT2D eigenvalue weighted by molar-refractivity contribution is -0.114. The van der Waals surface area contributed by atoms with Gasteiger partial charge in [-0.15, -0.1) is 0 Å². The van der Waals surface area contributed by atoms with Crippen LogP contribution in [0.25, 0.3) is 10.8 Å². The van der Waals surface area contributed by atoms with Gasteiger partial charge in [-0.05, 0) is 47.9 Å². The van der Waals surface area contributed by atoms with Crippen LogP contribution in [0.1, 0.15) is 17.3 Å². The first-order valence-corrected chi connectivity index (χ1v) is 10.2. The van der Waals surface area contributed by atoms with Crippen LogP contribution in [-0.4, -0.2) is 20.2 Å². The van der Waals surface area contributed by atoms with Gasteiger partial charge in [0, 0.05) is 22.5 Å². The average Bonchev–Trinajstić information content (AvgIpc) is 2.92. The van der Waals surface area contributed by atoms with E-state index in [4.69, 9.17) is 0 Å². The van der Waals surface area contributed by atoms with Gasteiger partial charge in [0.2, 0.25) is 5.91 Å². The number of carbonyl (C=O) groups is 2. The van der Waals surface area contributed by atoms with Crippen molar-refractivity contribution in [3.05, 3.63) is 64.6 Å². The fraction of sp³-hybridized carbons (Fsp3) is 0.0526. The highest BCUT2D eigenvalue weighted by atomic mass is 79.9. The van der Waals surface area contributed by atoms with E-state index in [1.54, 1.807) is 24.3 Å². The second-order valence-corrected chi connectivity index (χ2v) is 8.72. The van der Waals surface area contributed by atoms with Crippen molar-refractivity contribution in [2.75, 3.05) is 9.62 Å². The lowest BCUT2D eigenvalue weighted by Gasteiger charge is -2.18. The van der Waals surface area contributed by atoms with Gasteiger partial charge in [-0.2, -0.15) is 4.31 Å². The lowest BCUT2D eigenvalue weighted by atomic mass is 10.1. The summed E-state index contributed by atoms with van der Waals surface area (Å²) < 4.78 is 28.0. The van der Waals surface area contributed by atoms with Gasteiger partial charge in [0.1, 0.15) is 0 Å². The molecule has 1 heterocycles. The van der Waals surface area contributed by atoms with Gasteiger partial charge in [0.05, 0.1) is 16.1 Å². The molecule has 0 atom stereocenters. The summed E-state index contributed by atoms with van der Waals surface area (Å²) in [5.74, 6) is -0.840. The minimum absolute atomic E-state index is 0.0335. The molecule has 0 fully saturated rings. The van der Waals surface area contributed by atoms with Crippen LogP contribution in [0.15, 0.2) is 64.0 Å². The second-order valence-electron chi connectivity index (χ2n) is 6.07. The number of nitrogens with one attached hydrogen (secondary N) is 1. The van der Waals surface area contributed by atoms with Crippen LogP contribution in [0.5, 0.6) is 0 Å². The summed E-state index contributed by atoms with van der Waals surface area (Å²) in [7, 11) is -4.10. The number of carbonyl (C=O) groups excluding carboxylic acids is 2. The molecule has 6 nitrogen and oxygen atoms in total. The van der Waals surface area contributed by atoms with E-state index in [0.29, 0.717) is 22.3 Å². The predicted molar refractivity (Wildman–Crippen MR) is 106 cm³/mol. The summed E-state index contributed by atoms with van der Waals surface area (Å²) >= 11 is 3.44. The molecule has 0 saturated heterocycles. The van der Waals surface area contributed by atoms with E-state index >= 15 is 0 Å². The van der Waals surface area contributed by atoms with E-state index < -0.39 is 15.9 Å². The Morgan fingerprint density at radius 2 is 1.74 bits per heavy atom. The predicted octanol–water partition coefficient (Wildman–Crippen LogP) is 3.91. The monoisotopic (exact) mass is 444 g/mol. The van der Waals surface area contributed by atoms with Crippen molar-refractivity contribution in [3.8, 4) is 0 Å². The van der Waals surface area contributed by atoms with Gasteiger partial charge in [-0.1, -0.05) is 28.1 Å². The highest BCUT2D eigenvalue weighted by Gasteiger charge is 2.39. The molecule has 2 amide bonds. The topological polar surface area (TPSA) is 83.6 Å². The molecular formula is C19H13BrN2O4S. The average molecular weight is 445 g/mol. The standard InChI is InChI=1S/C19H13BrN2O4S/c1-11(23)21-12-5-7-13(8-6-12)27(25,26)22-17-10-9-16(20)14-3-2-4-15(18(14)17)19(22)24/h2-10H,1H3,(H,21,23). The maximum Gasteiger partial charge on any atom is 0.273 e. The van der Waals surface area contributed by atoms with Crippen LogP contribution in [0.4, 0.5) is 11.4 Å². The molecule has 0 radical (unpaired) electrons. The van der Waals surface area contributed by atoms with Gasteiger partial charge >= 0.3 is 0 Å². The number of halogens is 1. The molecule has 27 heavy (non-hydrogen) atoms. The van der Waals surface area contributed by atoms with Crippen LogP contribution >= 0.6 is 15.9 Å². The number of hydrogen-bond acceptors (Lipinski definition) is 4. The van der Waals surface area contributed by atoms with Crippen molar-refractivity contribution in [2.24, 2.45) is 0 Å². The molecule has 0 aliphatic carbocycles. The molecule has 0 bridgehead atoms. The normalized spacial score (nSPS) is 13.3. The Kier molecular flexibility index (Phi) is 4.05. The molecule has 0 unspecified atom stereocenters. The molecule has 1 aliphatic heterocycles. The Bertz CT molecular complexity index is 1220. The lowest BCUT2D eigenvalue weighted by Crippen LogP contribution is -2.33. The van der Waals surface area contributed by atoms with Crippen LogP contribution in [0.3, 0.4) is 0 Å². The summed E-state index contributed by atoms with van der Waals surface area (Å²) in [6, 6.07) is 14.2. The SMILES string of the molecule is CC(=O)Nc1ccc(S(=O)(=O)N2C(=O)c3cccc4c(Br)ccc2c34)cc1. The summed E-state index contributed by atoms with van der Waals surface area (Å²) in [6.07, 6.45) is 0. The molecule has 0 spiro atoms. The van der Waals surface area contributed by atoms with E-state index in [1.165, 1.54) is 31.2 Å². The molecular weight excluding hydrogens is 432 g/mol. The Hall–Kier alpha value is -2.71. The van der Waals surface area contributed by atoms with Crippen molar-refractivity contribution in [1.82, 2.24) is 0 Å². The van der Waals surface area contributed by atoms with E-state index in [1.807, 2.05) is 6.07 Å². The fourth-order valence-electron chi connectivity index (χ4n) is 3.18. The fourth-order valence-corrected chi connectivity index (χ4v) is 5.06. The van der Waals surface area contributed by atoms with Gasteiger partial charge in [-0.3, -0.25) is 9.59 Å². The molecule has 3 aromatic carbocycles. The van der Waals surface area contributed by atoms with Crippen LogP contribution in [0.2, 0.25) is 0 Å². The van der Waals surface area contributed by atoms with E-state index in [9.17, 15) is 18.0 Å². The largest absolute Gasteiger partial charge is 0.326 e. The number of amides is 2. The van der Waals surface area contributed by atoms with Crippen molar-refractivity contribution in [2.45, 2.75) is 11.8 Å². The number of sulfonamides is 1. The molecule has 1 aliphatic rings. The molecule has 136 valence electrons. The number of benzene rings is 3. The summed E-state index contributed by atoms with van der Waals surface area (Å²) in [6.45, 7) is 1.36. The molecule has 0 saturated carbocycles. The number of rotatable bonds is 3.